The van der Waals surface area contributed by atoms with E-state index >= 15 is 0 Å². The summed E-state index contributed by atoms with van der Waals surface area (Å²) in [5.74, 6) is 0.768. The van der Waals surface area contributed by atoms with E-state index in [0.29, 0.717) is 29.3 Å². The lowest BCUT2D eigenvalue weighted by molar-refractivity contribution is 0.0886. The highest BCUT2D eigenvalue weighted by molar-refractivity contribution is 5.97. The van der Waals surface area contributed by atoms with Crippen molar-refractivity contribution in [3.63, 3.8) is 0 Å². The first-order valence-corrected chi connectivity index (χ1v) is 11.5. The Bertz CT molecular complexity index is 1370. The molecule has 0 N–H and O–H groups in total. The number of aryl methyl sites for hydroxylation is 1. The molecule has 0 aliphatic carbocycles. The van der Waals surface area contributed by atoms with Crippen molar-refractivity contribution in [2.75, 3.05) is 33.8 Å². The van der Waals surface area contributed by atoms with E-state index in [1.165, 1.54) is 6.33 Å². The monoisotopic (exact) mass is 472 g/mol. The number of hydrogen-bond acceptors (Lipinski definition) is 7. The van der Waals surface area contributed by atoms with Crippen LogP contribution in [0.15, 0.2) is 55.0 Å². The second kappa shape index (κ2) is 9.34. The molecule has 0 saturated carbocycles. The molecule has 3 heterocycles. The maximum absolute atomic E-state index is 13.1. The van der Waals surface area contributed by atoms with Gasteiger partial charge in [-0.3, -0.25) is 4.68 Å². The zero-order chi connectivity index (χ0) is 24.5. The Kier molecular flexibility index (Phi) is 6.08. The van der Waals surface area contributed by atoms with E-state index in [2.05, 4.69) is 27.0 Å². The molecule has 5 rings (SSSR count). The zero-order valence-electron chi connectivity index (χ0n) is 20.3. The van der Waals surface area contributed by atoms with Crippen molar-refractivity contribution in [2.24, 2.45) is 7.05 Å². The van der Waals surface area contributed by atoms with E-state index in [4.69, 9.17) is 9.47 Å². The van der Waals surface area contributed by atoms with Gasteiger partial charge in [0.2, 0.25) is 0 Å². The van der Waals surface area contributed by atoms with E-state index in [0.717, 1.165) is 35.3 Å². The number of carbonyl (C=O) groups excluding carboxylic acids is 1. The van der Waals surface area contributed by atoms with Crippen LogP contribution in [0.5, 0.6) is 11.5 Å². The SMILES string of the molecule is COc1cc2ncnc(-c3cn(C)nc3-c3ccccc3)c2cc1OC(=O)N1CCN(C)C[C@@H]1C. The van der Waals surface area contributed by atoms with Crippen molar-refractivity contribution >= 4 is 17.0 Å². The summed E-state index contributed by atoms with van der Waals surface area (Å²) in [5, 5.41) is 5.42. The molecule has 0 unspecified atom stereocenters. The molecule has 4 aromatic rings. The summed E-state index contributed by atoms with van der Waals surface area (Å²) in [4.78, 5) is 26.1. The van der Waals surface area contributed by atoms with Gasteiger partial charge in [-0.25, -0.2) is 14.8 Å². The predicted octanol–water partition coefficient (Wildman–Crippen LogP) is 3.84. The van der Waals surface area contributed by atoms with Crippen molar-refractivity contribution in [3.8, 4) is 34.0 Å². The third-order valence-electron chi connectivity index (χ3n) is 6.31. The van der Waals surface area contributed by atoms with E-state index in [9.17, 15) is 4.79 Å². The quantitative estimate of drug-likeness (QED) is 0.446. The van der Waals surface area contributed by atoms with Gasteiger partial charge in [-0.15, -0.1) is 0 Å². The molecule has 1 aliphatic heterocycles. The van der Waals surface area contributed by atoms with Crippen molar-refractivity contribution in [3.05, 3.63) is 55.0 Å². The lowest BCUT2D eigenvalue weighted by Gasteiger charge is -2.37. The fourth-order valence-electron chi connectivity index (χ4n) is 4.55. The number of piperazine rings is 1. The zero-order valence-corrected chi connectivity index (χ0v) is 20.3. The fourth-order valence-corrected chi connectivity index (χ4v) is 4.55. The van der Waals surface area contributed by atoms with Crippen LogP contribution < -0.4 is 9.47 Å². The molecule has 9 nitrogen and oxygen atoms in total. The molecule has 1 fully saturated rings. The number of benzene rings is 2. The lowest BCUT2D eigenvalue weighted by Crippen LogP contribution is -2.53. The summed E-state index contributed by atoms with van der Waals surface area (Å²) in [7, 11) is 5.48. The number of carbonyl (C=O) groups is 1. The molecule has 1 amide bonds. The van der Waals surface area contributed by atoms with Crippen LogP contribution in [-0.4, -0.2) is 75.5 Å². The first-order valence-electron chi connectivity index (χ1n) is 11.5. The molecule has 0 spiro atoms. The lowest BCUT2D eigenvalue weighted by atomic mass is 10.0. The number of hydrogen-bond donors (Lipinski definition) is 0. The van der Waals surface area contributed by atoms with Crippen molar-refractivity contribution in [1.29, 1.82) is 0 Å². The van der Waals surface area contributed by atoms with Crippen LogP contribution >= 0.6 is 0 Å². The second-order valence-electron chi connectivity index (χ2n) is 8.85. The third kappa shape index (κ3) is 4.42. The first kappa shape index (κ1) is 22.8. The molecule has 0 radical (unpaired) electrons. The van der Waals surface area contributed by atoms with Gasteiger partial charge >= 0.3 is 6.09 Å². The number of amides is 1. The van der Waals surface area contributed by atoms with Crippen LogP contribution in [0.1, 0.15) is 6.92 Å². The predicted molar refractivity (Wildman–Crippen MR) is 133 cm³/mol. The highest BCUT2D eigenvalue weighted by Crippen LogP contribution is 2.38. The summed E-state index contributed by atoms with van der Waals surface area (Å²) in [6.07, 6.45) is 3.07. The standard InChI is InChI=1S/C26H28N6O3/c1-17-14-30(2)10-11-32(17)26(33)35-23-12-19-21(13-22(23)34-4)27-16-28-25(19)20-15-31(3)29-24(20)18-8-6-5-7-9-18/h5-9,12-13,15-17H,10-11,14H2,1-4H3/t17-/m0/s1. The van der Waals surface area contributed by atoms with Gasteiger partial charge in [0.05, 0.1) is 18.3 Å². The first-order chi connectivity index (χ1) is 16.9. The second-order valence-corrected chi connectivity index (χ2v) is 8.85. The summed E-state index contributed by atoms with van der Waals surface area (Å²) in [6, 6.07) is 13.6. The van der Waals surface area contributed by atoms with Crippen molar-refractivity contribution in [1.82, 2.24) is 29.5 Å². The number of ether oxygens (including phenoxy) is 2. The van der Waals surface area contributed by atoms with Crippen LogP contribution in [0.4, 0.5) is 4.79 Å². The molecule has 1 atom stereocenters. The molecule has 180 valence electrons. The van der Waals surface area contributed by atoms with Crippen LogP contribution in [0.3, 0.4) is 0 Å². The fraction of sp³-hybridized carbons (Fsp3) is 0.308. The summed E-state index contributed by atoms with van der Waals surface area (Å²) in [6.45, 7) is 4.23. The van der Waals surface area contributed by atoms with Crippen LogP contribution in [0, 0.1) is 0 Å². The number of likely N-dealkylation sites (N-methyl/N-ethyl adjacent to an activating group) is 1. The van der Waals surface area contributed by atoms with Gasteiger partial charge in [-0.05, 0) is 20.0 Å². The van der Waals surface area contributed by atoms with E-state index in [1.54, 1.807) is 28.8 Å². The van der Waals surface area contributed by atoms with Gasteiger partial charge in [-0.2, -0.15) is 5.10 Å². The van der Waals surface area contributed by atoms with Crippen LogP contribution in [0.2, 0.25) is 0 Å². The summed E-state index contributed by atoms with van der Waals surface area (Å²) >= 11 is 0. The average molecular weight is 473 g/mol. The Morgan fingerprint density at radius 1 is 1.03 bits per heavy atom. The van der Waals surface area contributed by atoms with Crippen LogP contribution in [-0.2, 0) is 7.05 Å². The molecular weight excluding hydrogens is 444 g/mol. The topological polar surface area (TPSA) is 85.6 Å². The van der Waals surface area contributed by atoms with E-state index in [-0.39, 0.29) is 6.04 Å². The molecule has 35 heavy (non-hydrogen) atoms. The van der Waals surface area contributed by atoms with Gasteiger partial charge in [-0.1, -0.05) is 30.3 Å². The smallest absolute Gasteiger partial charge is 0.415 e. The van der Waals surface area contributed by atoms with Gasteiger partial charge in [0, 0.05) is 61.5 Å². The molecule has 1 saturated heterocycles. The number of aromatic nitrogens is 4. The van der Waals surface area contributed by atoms with E-state index in [1.807, 2.05) is 50.5 Å². The number of fused-ring (bicyclic) bond motifs is 1. The highest BCUT2D eigenvalue weighted by Gasteiger charge is 2.28. The van der Waals surface area contributed by atoms with Crippen molar-refractivity contribution < 1.29 is 14.3 Å². The minimum Gasteiger partial charge on any atom is -0.493 e. The Balaban J connectivity index is 1.57. The van der Waals surface area contributed by atoms with Gasteiger partial charge in [0.25, 0.3) is 0 Å². The minimum atomic E-state index is -0.395. The number of methoxy groups -OCH3 is 1. The van der Waals surface area contributed by atoms with Gasteiger partial charge in [0.1, 0.15) is 12.0 Å². The Morgan fingerprint density at radius 3 is 2.57 bits per heavy atom. The molecule has 0 bridgehead atoms. The molecule has 2 aromatic carbocycles. The largest absolute Gasteiger partial charge is 0.493 e. The Hall–Kier alpha value is -3.98. The van der Waals surface area contributed by atoms with Crippen molar-refractivity contribution in [2.45, 2.75) is 13.0 Å². The van der Waals surface area contributed by atoms with Crippen LogP contribution in [0.25, 0.3) is 33.4 Å². The minimum absolute atomic E-state index is 0.0513. The maximum Gasteiger partial charge on any atom is 0.415 e. The molecule has 1 aliphatic rings. The average Bonchev–Trinajstić information content (AvgIpc) is 3.25. The molecular formula is C26H28N6O3. The number of rotatable bonds is 4. The van der Waals surface area contributed by atoms with Gasteiger partial charge in [0.15, 0.2) is 11.5 Å². The molecule has 2 aromatic heterocycles. The van der Waals surface area contributed by atoms with Gasteiger partial charge < -0.3 is 19.3 Å². The summed E-state index contributed by atoms with van der Waals surface area (Å²) in [5.41, 5.74) is 4.05. The highest BCUT2D eigenvalue weighted by atomic mass is 16.6. The van der Waals surface area contributed by atoms with E-state index < -0.39 is 6.09 Å². The Labute approximate surface area is 203 Å². The maximum atomic E-state index is 13.1. The summed E-state index contributed by atoms with van der Waals surface area (Å²) < 4.78 is 13.2. The molecule has 9 heteroatoms. The normalized spacial score (nSPS) is 16.5. The Morgan fingerprint density at radius 2 is 1.83 bits per heavy atom. The number of nitrogens with zero attached hydrogens (tertiary/aromatic N) is 6. The third-order valence-corrected chi connectivity index (χ3v) is 6.31.